The van der Waals surface area contributed by atoms with Crippen molar-refractivity contribution in [2.45, 2.75) is 0 Å². The molecule has 11 rings (SSSR count). The van der Waals surface area contributed by atoms with Crippen molar-refractivity contribution in [1.29, 1.82) is 5.26 Å². The van der Waals surface area contributed by atoms with Crippen LogP contribution in [0, 0.1) is 11.3 Å². The lowest BCUT2D eigenvalue weighted by atomic mass is 9.86. The Hall–Kier alpha value is -7.47. The smallest absolute Gasteiger partial charge is 0.0991 e. The predicted molar refractivity (Wildman–Crippen MR) is 232 cm³/mol. The van der Waals surface area contributed by atoms with E-state index in [9.17, 15) is 5.26 Å². The number of rotatable bonds is 4. The Morgan fingerprint density at radius 1 is 0.327 bits per heavy atom. The molecular formula is C53H32N2. The highest BCUT2D eigenvalue weighted by atomic mass is 15.0. The van der Waals surface area contributed by atoms with Crippen LogP contribution < -0.4 is 0 Å². The van der Waals surface area contributed by atoms with Crippen LogP contribution in [0.1, 0.15) is 5.56 Å². The van der Waals surface area contributed by atoms with Crippen molar-refractivity contribution >= 4 is 64.9 Å². The van der Waals surface area contributed by atoms with Crippen LogP contribution in [-0.2, 0) is 0 Å². The summed E-state index contributed by atoms with van der Waals surface area (Å²) in [6, 6.07) is 72.3. The minimum absolute atomic E-state index is 0.662. The molecule has 0 amide bonds. The van der Waals surface area contributed by atoms with Crippen LogP contribution in [0.15, 0.2) is 194 Å². The average Bonchev–Trinajstić information content (AvgIpc) is 3.59. The van der Waals surface area contributed by atoms with Gasteiger partial charge in [0.1, 0.15) is 0 Å². The van der Waals surface area contributed by atoms with Crippen LogP contribution >= 0.6 is 0 Å². The van der Waals surface area contributed by atoms with Gasteiger partial charge in [-0.05, 0) is 131 Å². The third-order valence-electron chi connectivity index (χ3n) is 11.4. The molecule has 0 saturated heterocycles. The van der Waals surface area contributed by atoms with Gasteiger partial charge in [-0.1, -0.05) is 140 Å². The number of hydrogen-bond donors (Lipinski definition) is 0. The third-order valence-corrected chi connectivity index (χ3v) is 11.4. The first-order chi connectivity index (χ1) is 27.2. The Kier molecular flexibility index (Phi) is 6.96. The summed E-state index contributed by atoms with van der Waals surface area (Å²) in [7, 11) is 0. The lowest BCUT2D eigenvalue weighted by Gasteiger charge is -2.17. The molecule has 11 aromatic rings. The summed E-state index contributed by atoms with van der Waals surface area (Å²) in [6.45, 7) is 0. The van der Waals surface area contributed by atoms with Crippen molar-refractivity contribution in [3.05, 3.63) is 200 Å². The van der Waals surface area contributed by atoms with Gasteiger partial charge >= 0.3 is 0 Å². The number of para-hydroxylation sites is 1. The first-order valence-corrected chi connectivity index (χ1v) is 18.7. The molecule has 0 spiro atoms. The first-order valence-electron chi connectivity index (χ1n) is 18.7. The van der Waals surface area contributed by atoms with Crippen LogP contribution in [0.4, 0.5) is 0 Å². The van der Waals surface area contributed by atoms with Gasteiger partial charge in [0.15, 0.2) is 0 Å². The second kappa shape index (κ2) is 12.3. The minimum atomic E-state index is 0.662. The number of benzene rings is 10. The van der Waals surface area contributed by atoms with Crippen LogP contribution in [0.25, 0.3) is 104 Å². The van der Waals surface area contributed by atoms with Gasteiger partial charge in [0.05, 0.1) is 22.7 Å². The van der Waals surface area contributed by atoms with Gasteiger partial charge < -0.3 is 4.57 Å². The van der Waals surface area contributed by atoms with Gasteiger partial charge in [-0.15, -0.1) is 0 Å². The lowest BCUT2D eigenvalue weighted by Crippen LogP contribution is -1.93. The zero-order chi connectivity index (χ0) is 36.5. The fourth-order valence-corrected chi connectivity index (χ4v) is 8.84. The van der Waals surface area contributed by atoms with Crippen LogP contribution in [0.2, 0.25) is 0 Å². The Morgan fingerprint density at radius 2 is 0.873 bits per heavy atom. The summed E-state index contributed by atoms with van der Waals surface area (Å²) in [5, 5.41) is 22.0. The highest BCUT2D eigenvalue weighted by Gasteiger charge is 2.17. The van der Waals surface area contributed by atoms with E-state index in [4.69, 9.17) is 0 Å². The molecule has 1 heterocycles. The summed E-state index contributed by atoms with van der Waals surface area (Å²) < 4.78 is 2.29. The molecule has 0 aliphatic heterocycles. The summed E-state index contributed by atoms with van der Waals surface area (Å²) in [5.41, 5.74) is 11.2. The van der Waals surface area contributed by atoms with E-state index in [0.29, 0.717) is 5.56 Å². The zero-order valence-electron chi connectivity index (χ0n) is 29.9. The van der Waals surface area contributed by atoms with Crippen LogP contribution in [0.5, 0.6) is 0 Å². The van der Waals surface area contributed by atoms with Crippen molar-refractivity contribution in [3.8, 4) is 45.1 Å². The molecule has 0 fully saturated rings. The van der Waals surface area contributed by atoms with Crippen molar-refractivity contribution in [3.63, 3.8) is 0 Å². The van der Waals surface area contributed by atoms with E-state index in [0.717, 1.165) is 38.6 Å². The van der Waals surface area contributed by atoms with E-state index in [1.807, 2.05) is 18.2 Å². The summed E-state index contributed by atoms with van der Waals surface area (Å²) in [6.07, 6.45) is 0. The number of nitriles is 1. The molecule has 254 valence electrons. The van der Waals surface area contributed by atoms with Gasteiger partial charge in [-0.2, -0.15) is 5.26 Å². The highest BCUT2D eigenvalue weighted by molar-refractivity contribution is 6.24. The Bertz CT molecular complexity index is 3360. The topological polar surface area (TPSA) is 28.7 Å². The fraction of sp³-hybridized carbons (Fsp3) is 0. The second-order valence-corrected chi connectivity index (χ2v) is 14.4. The van der Waals surface area contributed by atoms with E-state index in [1.54, 1.807) is 0 Å². The molecule has 0 atom stereocenters. The number of nitrogens with zero attached hydrogens (tertiary/aromatic N) is 2. The maximum Gasteiger partial charge on any atom is 0.0991 e. The average molecular weight is 697 g/mol. The molecular weight excluding hydrogens is 665 g/mol. The quantitative estimate of drug-likeness (QED) is 0.168. The number of fused-ring (bicyclic) bond motifs is 9. The Morgan fingerprint density at radius 3 is 1.60 bits per heavy atom. The molecule has 0 saturated carbocycles. The van der Waals surface area contributed by atoms with E-state index >= 15 is 0 Å². The standard InChI is InChI=1S/C53H32N2/c54-33-34-21-27-52-50(29-34)51-30-38(26-28-53(51)55(52)39-13-2-1-3-14-39)35-22-24-37(25-23-35)46-31-48-45-19-9-8-18-44(45)47(32-49(48)43-17-7-6-16-42(43)46)41-20-10-12-36-11-4-5-15-40(36)41/h1-32H. The summed E-state index contributed by atoms with van der Waals surface area (Å²) >= 11 is 0. The monoisotopic (exact) mass is 696 g/mol. The second-order valence-electron chi connectivity index (χ2n) is 14.4. The molecule has 10 aromatic carbocycles. The molecule has 1 aromatic heterocycles. The highest BCUT2D eigenvalue weighted by Crippen LogP contribution is 2.43. The van der Waals surface area contributed by atoms with Crippen LogP contribution in [0.3, 0.4) is 0 Å². The molecule has 55 heavy (non-hydrogen) atoms. The van der Waals surface area contributed by atoms with Gasteiger partial charge in [0.2, 0.25) is 0 Å². The molecule has 0 bridgehead atoms. The van der Waals surface area contributed by atoms with Gasteiger partial charge in [-0.25, -0.2) is 0 Å². The fourth-order valence-electron chi connectivity index (χ4n) is 8.84. The third kappa shape index (κ3) is 4.88. The minimum Gasteiger partial charge on any atom is -0.309 e. The Balaban J connectivity index is 1.07. The molecule has 2 heteroatoms. The van der Waals surface area contributed by atoms with Gasteiger partial charge in [0.25, 0.3) is 0 Å². The summed E-state index contributed by atoms with van der Waals surface area (Å²) in [4.78, 5) is 0. The normalized spacial score (nSPS) is 11.6. The van der Waals surface area contributed by atoms with E-state index in [1.165, 1.54) is 65.3 Å². The predicted octanol–water partition coefficient (Wildman–Crippen LogP) is 14.3. The lowest BCUT2D eigenvalue weighted by molar-refractivity contribution is 1.18. The number of hydrogen-bond acceptors (Lipinski definition) is 1. The maximum atomic E-state index is 9.76. The molecule has 2 nitrogen and oxygen atoms in total. The van der Waals surface area contributed by atoms with Gasteiger partial charge in [-0.3, -0.25) is 0 Å². The molecule has 0 radical (unpaired) electrons. The van der Waals surface area contributed by atoms with Crippen molar-refractivity contribution < 1.29 is 0 Å². The van der Waals surface area contributed by atoms with Crippen molar-refractivity contribution in [2.24, 2.45) is 0 Å². The molecule has 0 N–H and O–H groups in total. The van der Waals surface area contributed by atoms with Crippen LogP contribution in [-0.4, -0.2) is 4.57 Å². The van der Waals surface area contributed by atoms with Gasteiger partial charge in [0, 0.05) is 16.5 Å². The first kappa shape index (κ1) is 31.1. The summed E-state index contributed by atoms with van der Waals surface area (Å²) in [5.74, 6) is 0. The van der Waals surface area contributed by atoms with E-state index < -0.39 is 0 Å². The number of aromatic nitrogens is 1. The molecule has 0 unspecified atom stereocenters. The maximum absolute atomic E-state index is 9.76. The van der Waals surface area contributed by atoms with E-state index in [2.05, 4.69) is 187 Å². The molecule has 0 aliphatic carbocycles. The molecule has 0 aliphatic rings. The SMILES string of the molecule is N#Cc1ccc2c(c1)c1cc(-c3ccc(-c4cc5c6ccccc6c(-c6cccc7ccccc67)cc5c5ccccc45)cc3)ccc1n2-c1ccccc1. The Labute approximate surface area is 318 Å². The van der Waals surface area contributed by atoms with E-state index in [-0.39, 0.29) is 0 Å². The van der Waals surface area contributed by atoms with Crippen molar-refractivity contribution in [2.75, 3.05) is 0 Å². The zero-order valence-corrected chi connectivity index (χ0v) is 29.9. The largest absolute Gasteiger partial charge is 0.309 e. The van der Waals surface area contributed by atoms with Crippen molar-refractivity contribution in [1.82, 2.24) is 4.57 Å².